The van der Waals surface area contributed by atoms with Crippen molar-refractivity contribution >= 4 is 11.6 Å². The van der Waals surface area contributed by atoms with Crippen molar-refractivity contribution in [3.8, 4) is 5.75 Å². The molecule has 0 aromatic heterocycles. The Morgan fingerprint density at radius 2 is 2.29 bits per heavy atom. The zero-order valence-corrected chi connectivity index (χ0v) is 10.3. The minimum Gasteiger partial charge on any atom is -0.496 e. The molecule has 1 aliphatic heterocycles. The number of hydrogen-bond donors (Lipinski definition) is 1. The van der Waals surface area contributed by atoms with Gasteiger partial charge in [0.1, 0.15) is 5.75 Å². The minimum atomic E-state index is 0.103. The van der Waals surface area contributed by atoms with E-state index >= 15 is 0 Å². The number of anilines is 1. The van der Waals surface area contributed by atoms with Crippen molar-refractivity contribution in [2.24, 2.45) is 0 Å². The number of likely N-dealkylation sites (tertiary alicyclic amines) is 1. The highest BCUT2D eigenvalue weighted by Gasteiger charge is 2.29. The first-order chi connectivity index (χ1) is 8.13. The van der Waals surface area contributed by atoms with Crippen LogP contribution in [0.5, 0.6) is 5.75 Å². The predicted molar refractivity (Wildman–Crippen MR) is 66.8 cm³/mol. The molecule has 1 atom stereocenters. The molecular formula is C13H18N2O2. The van der Waals surface area contributed by atoms with E-state index in [2.05, 4.69) is 0 Å². The molecule has 1 aromatic rings. The van der Waals surface area contributed by atoms with Gasteiger partial charge in [-0.15, -0.1) is 0 Å². The van der Waals surface area contributed by atoms with E-state index in [-0.39, 0.29) is 11.9 Å². The van der Waals surface area contributed by atoms with Crippen molar-refractivity contribution in [1.29, 1.82) is 0 Å². The zero-order chi connectivity index (χ0) is 12.4. The third-order valence-corrected chi connectivity index (χ3v) is 3.27. The monoisotopic (exact) mass is 234 g/mol. The van der Waals surface area contributed by atoms with Crippen LogP contribution in [-0.4, -0.2) is 24.5 Å². The molecule has 1 fully saturated rings. The van der Waals surface area contributed by atoms with Crippen molar-refractivity contribution in [2.75, 3.05) is 19.4 Å². The maximum Gasteiger partial charge on any atom is 0.219 e. The van der Waals surface area contributed by atoms with Gasteiger partial charge in [-0.2, -0.15) is 0 Å². The highest BCUT2D eigenvalue weighted by molar-refractivity contribution is 5.74. The number of rotatable bonds is 2. The van der Waals surface area contributed by atoms with Gasteiger partial charge in [-0.1, -0.05) is 0 Å². The molecule has 0 bridgehead atoms. The molecule has 1 aromatic carbocycles. The van der Waals surface area contributed by atoms with E-state index in [4.69, 9.17) is 10.5 Å². The van der Waals surface area contributed by atoms with Crippen LogP contribution in [0.3, 0.4) is 0 Å². The molecule has 0 radical (unpaired) electrons. The van der Waals surface area contributed by atoms with Gasteiger partial charge in [0.15, 0.2) is 0 Å². The molecule has 4 nitrogen and oxygen atoms in total. The summed E-state index contributed by atoms with van der Waals surface area (Å²) in [5.74, 6) is 0.911. The highest BCUT2D eigenvalue weighted by atomic mass is 16.5. The van der Waals surface area contributed by atoms with Crippen LogP contribution in [0.25, 0.3) is 0 Å². The predicted octanol–water partition coefficient (Wildman–Crippen LogP) is 1.96. The lowest BCUT2D eigenvalue weighted by Crippen LogP contribution is -2.28. The van der Waals surface area contributed by atoms with Gasteiger partial charge in [0.25, 0.3) is 0 Å². The summed E-state index contributed by atoms with van der Waals surface area (Å²) in [5.41, 5.74) is 7.53. The van der Waals surface area contributed by atoms with Crippen LogP contribution in [0.4, 0.5) is 5.69 Å². The molecular weight excluding hydrogens is 216 g/mol. The van der Waals surface area contributed by atoms with Crippen molar-refractivity contribution in [1.82, 2.24) is 4.90 Å². The van der Waals surface area contributed by atoms with Crippen molar-refractivity contribution in [2.45, 2.75) is 25.8 Å². The van der Waals surface area contributed by atoms with Gasteiger partial charge in [0.2, 0.25) is 5.91 Å². The fourth-order valence-corrected chi connectivity index (χ4v) is 2.48. The Morgan fingerprint density at radius 3 is 2.94 bits per heavy atom. The molecule has 0 aliphatic carbocycles. The number of ether oxygens (including phenoxy) is 1. The number of nitrogens with zero attached hydrogens (tertiary/aromatic N) is 1. The Hall–Kier alpha value is -1.71. The largest absolute Gasteiger partial charge is 0.496 e. The molecule has 1 saturated heterocycles. The van der Waals surface area contributed by atoms with E-state index < -0.39 is 0 Å². The fourth-order valence-electron chi connectivity index (χ4n) is 2.48. The van der Waals surface area contributed by atoms with Gasteiger partial charge in [0, 0.05) is 24.7 Å². The quantitative estimate of drug-likeness (QED) is 0.796. The molecule has 1 unspecified atom stereocenters. The topological polar surface area (TPSA) is 55.6 Å². The molecule has 17 heavy (non-hydrogen) atoms. The second-order valence-corrected chi connectivity index (χ2v) is 4.37. The number of nitrogens with two attached hydrogens (primary N) is 1. The molecule has 2 rings (SSSR count). The van der Waals surface area contributed by atoms with Crippen molar-refractivity contribution < 1.29 is 9.53 Å². The van der Waals surface area contributed by atoms with Crippen molar-refractivity contribution in [3.63, 3.8) is 0 Å². The summed E-state index contributed by atoms with van der Waals surface area (Å²) in [7, 11) is 1.64. The Labute approximate surface area is 101 Å². The molecule has 2 N–H and O–H groups in total. The van der Waals surface area contributed by atoms with Gasteiger partial charge in [-0.3, -0.25) is 4.79 Å². The smallest absolute Gasteiger partial charge is 0.219 e. The van der Waals surface area contributed by atoms with Crippen LogP contribution in [0, 0.1) is 0 Å². The maximum absolute atomic E-state index is 11.6. The van der Waals surface area contributed by atoms with E-state index in [0.717, 1.165) is 30.7 Å². The van der Waals surface area contributed by atoms with E-state index in [9.17, 15) is 4.79 Å². The van der Waals surface area contributed by atoms with E-state index in [1.165, 1.54) is 0 Å². The molecule has 1 aliphatic rings. The van der Waals surface area contributed by atoms with Crippen LogP contribution >= 0.6 is 0 Å². The van der Waals surface area contributed by atoms with E-state index in [0.29, 0.717) is 5.69 Å². The Kier molecular flexibility index (Phi) is 3.22. The first-order valence-electron chi connectivity index (χ1n) is 5.84. The van der Waals surface area contributed by atoms with Gasteiger partial charge >= 0.3 is 0 Å². The van der Waals surface area contributed by atoms with Gasteiger partial charge < -0.3 is 15.4 Å². The van der Waals surface area contributed by atoms with E-state index in [1.807, 2.05) is 23.1 Å². The molecule has 0 saturated carbocycles. The number of nitrogen functional groups attached to an aromatic ring is 1. The standard InChI is InChI=1S/C13H18N2O2/c1-9(16)15-7-3-4-12(15)11-8-10(14)5-6-13(11)17-2/h5-6,8,12H,3-4,7,14H2,1-2H3. The number of amides is 1. The Morgan fingerprint density at radius 1 is 1.53 bits per heavy atom. The number of carbonyl (C=O) groups excluding carboxylic acids is 1. The van der Waals surface area contributed by atoms with Gasteiger partial charge in [-0.05, 0) is 31.0 Å². The summed E-state index contributed by atoms with van der Waals surface area (Å²) in [4.78, 5) is 13.5. The van der Waals surface area contributed by atoms with Crippen LogP contribution in [0.1, 0.15) is 31.4 Å². The van der Waals surface area contributed by atoms with Crippen LogP contribution in [-0.2, 0) is 4.79 Å². The van der Waals surface area contributed by atoms with Crippen molar-refractivity contribution in [3.05, 3.63) is 23.8 Å². The van der Waals surface area contributed by atoms with Crippen LogP contribution in [0.2, 0.25) is 0 Å². The molecule has 92 valence electrons. The second-order valence-electron chi connectivity index (χ2n) is 4.37. The van der Waals surface area contributed by atoms with Crippen LogP contribution in [0.15, 0.2) is 18.2 Å². The fraction of sp³-hybridized carbons (Fsp3) is 0.462. The van der Waals surface area contributed by atoms with E-state index in [1.54, 1.807) is 14.0 Å². The minimum absolute atomic E-state index is 0.103. The molecule has 0 spiro atoms. The maximum atomic E-state index is 11.6. The summed E-state index contributed by atoms with van der Waals surface area (Å²) >= 11 is 0. The lowest BCUT2D eigenvalue weighted by Gasteiger charge is -2.25. The summed E-state index contributed by atoms with van der Waals surface area (Å²) in [5, 5.41) is 0. The number of hydrogen-bond acceptors (Lipinski definition) is 3. The third-order valence-electron chi connectivity index (χ3n) is 3.27. The average Bonchev–Trinajstić information content (AvgIpc) is 2.77. The number of methoxy groups -OCH3 is 1. The SMILES string of the molecule is COc1ccc(N)cc1C1CCCN1C(C)=O. The second kappa shape index (κ2) is 4.65. The normalized spacial score (nSPS) is 19.4. The number of carbonyl (C=O) groups is 1. The summed E-state index contributed by atoms with van der Waals surface area (Å²) in [6.07, 6.45) is 2.00. The molecule has 4 heteroatoms. The Balaban J connectivity index is 2.38. The Bertz CT molecular complexity index is 431. The van der Waals surface area contributed by atoms with Gasteiger partial charge in [0.05, 0.1) is 13.2 Å². The summed E-state index contributed by atoms with van der Waals surface area (Å²) in [6.45, 7) is 2.43. The third kappa shape index (κ3) is 2.20. The first kappa shape index (κ1) is 11.8. The lowest BCUT2D eigenvalue weighted by atomic mass is 10.0. The lowest BCUT2D eigenvalue weighted by molar-refractivity contribution is -0.129. The summed E-state index contributed by atoms with van der Waals surface area (Å²) < 4.78 is 5.35. The molecule has 1 amide bonds. The number of benzene rings is 1. The zero-order valence-electron chi connectivity index (χ0n) is 10.3. The first-order valence-corrected chi connectivity index (χ1v) is 5.84. The average molecular weight is 234 g/mol. The van der Waals surface area contributed by atoms with Gasteiger partial charge in [-0.25, -0.2) is 0 Å². The highest BCUT2D eigenvalue weighted by Crippen LogP contribution is 2.37. The molecule has 1 heterocycles. The summed E-state index contributed by atoms with van der Waals surface area (Å²) in [6, 6.07) is 5.69. The van der Waals surface area contributed by atoms with Crippen LogP contribution < -0.4 is 10.5 Å².